The highest BCUT2D eigenvalue weighted by molar-refractivity contribution is 6.07. The van der Waals surface area contributed by atoms with Crippen molar-refractivity contribution >= 4 is 23.3 Å². The van der Waals surface area contributed by atoms with Crippen molar-refractivity contribution in [2.45, 2.75) is 0 Å². The van der Waals surface area contributed by atoms with Gasteiger partial charge in [-0.1, -0.05) is 84.9 Å². The van der Waals surface area contributed by atoms with Gasteiger partial charge < -0.3 is 0 Å². The Labute approximate surface area is 151 Å². The quantitative estimate of drug-likeness (QED) is 0.441. The van der Waals surface area contributed by atoms with Crippen LogP contribution in [-0.4, -0.2) is 12.6 Å². The van der Waals surface area contributed by atoms with Gasteiger partial charge >= 0.3 is 0 Å². The third-order valence-corrected chi connectivity index (χ3v) is 4.68. The van der Waals surface area contributed by atoms with Crippen molar-refractivity contribution in [3.05, 3.63) is 96.1 Å². The van der Waals surface area contributed by atoms with Gasteiger partial charge in [0.05, 0.1) is 0 Å². The molecule has 0 saturated heterocycles. The van der Waals surface area contributed by atoms with Gasteiger partial charge in [0.2, 0.25) is 0 Å². The standard InChI is InChI=1S/C24H16O2/c25-15-17-7-1-3-9-19(17)21-11-5-14-24-22(12-6-13-23(21)24)20-10-4-2-8-18(20)16-26/h1-16H. The summed E-state index contributed by atoms with van der Waals surface area (Å²) in [6.07, 6.45) is 1.78. The SMILES string of the molecule is O=Cc1ccccc1-c1cccc2c(-c3ccccc3C=O)cccc12. The van der Waals surface area contributed by atoms with E-state index in [2.05, 4.69) is 12.1 Å². The van der Waals surface area contributed by atoms with Crippen LogP contribution in [0.3, 0.4) is 0 Å². The van der Waals surface area contributed by atoms with E-state index >= 15 is 0 Å². The highest BCUT2D eigenvalue weighted by Gasteiger charge is 2.12. The molecular weight excluding hydrogens is 320 g/mol. The maximum Gasteiger partial charge on any atom is 0.150 e. The fourth-order valence-corrected chi connectivity index (χ4v) is 3.47. The summed E-state index contributed by atoms with van der Waals surface area (Å²) < 4.78 is 0. The summed E-state index contributed by atoms with van der Waals surface area (Å²) in [5.41, 5.74) is 5.17. The highest BCUT2D eigenvalue weighted by Crippen LogP contribution is 2.36. The first-order valence-electron chi connectivity index (χ1n) is 8.44. The van der Waals surface area contributed by atoms with E-state index in [1.807, 2.05) is 72.8 Å². The second kappa shape index (κ2) is 6.77. The molecule has 4 aromatic rings. The van der Waals surface area contributed by atoms with E-state index in [-0.39, 0.29) is 0 Å². The number of carbonyl (C=O) groups excluding carboxylic acids is 2. The number of benzene rings is 4. The van der Waals surface area contributed by atoms with E-state index in [0.29, 0.717) is 11.1 Å². The van der Waals surface area contributed by atoms with E-state index < -0.39 is 0 Å². The second-order valence-electron chi connectivity index (χ2n) is 6.12. The lowest BCUT2D eigenvalue weighted by molar-refractivity contribution is 0.111. The molecule has 0 aliphatic rings. The number of carbonyl (C=O) groups is 2. The zero-order chi connectivity index (χ0) is 17.9. The van der Waals surface area contributed by atoms with Crippen molar-refractivity contribution in [1.29, 1.82) is 0 Å². The summed E-state index contributed by atoms with van der Waals surface area (Å²) >= 11 is 0. The van der Waals surface area contributed by atoms with Crippen molar-refractivity contribution < 1.29 is 9.59 Å². The first-order valence-corrected chi connectivity index (χ1v) is 8.44. The van der Waals surface area contributed by atoms with E-state index in [1.54, 1.807) is 0 Å². The fraction of sp³-hybridized carbons (Fsp3) is 0. The van der Waals surface area contributed by atoms with Crippen LogP contribution in [0, 0.1) is 0 Å². The van der Waals surface area contributed by atoms with E-state index in [0.717, 1.165) is 45.6 Å². The van der Waals surface area contributed by atoms with Gasteiger partial charge in [-0.3, -0.25) is 9.59 Å². The third kappa shape index (κ3) is 2.62. The summed E-state index contributed by atoms with van der Waals surface area (Å²) in [6.45, 7) is 0. The van der Waals surface area contributed by atoms with Gasteiger partial charge in [0.15, 0.2) is 12.6 Å². The largest absolute Gasteiger partial charge is 0.298 e. The normalized spacial score (nSPS) is 10.6. The molecule has 0 saturated carbocycles. The Kier molecular flexibility index (Phi) is 4.16. The number of rotatable bonds is 4. The zero-order valence-corrected chi connectivity index (χ0v) is 14.1. The highest BCUT2D eigenvalue weighted by atomic mass is 16.1. The van der Waals surface area contributed by atoms with Crippen LogP contribution in [0.2, 0.25) is 0 Å². The molecule has 26 heavy (non-hydrogen) atoms. The van der Waals surface area contributed by atoms with Crippen LogP contribution in [0.5, 0.6) is 0 Å². The molecule has 0 aromatic heterocycles. The van der Waals surface area contributed by atoms with Crippen LogP contribution in [0.4, 0.5) is 0 Å². The molecular formula is C24H16O2. The van der Waals surface area contributed by atoms with Gasteiger partial charge in [-0.25, -0.2) is 0 Å². The first-order chi connectivity index (χ1) is 12.8. The molecule has 2 nitrogen and oxygen atoms in total. The summed E-state index contributed by atoms with van der Waals surface area (Å²) in [4.78, 5) is 22.9. The Morgan fingerprint density at radius 3 is 1.23 bits per heavy atom. The second-order valence-corrected chi connectivity index (χ2v) is 6.12. The molecule has 2 heteroatoms. The number of hydrogen-bond acceptors (Lipinski definition) is 2. The molecule has 0 amide bonds. The Morgan fingerprint density at radius 2 is 0.808 bits per heavy atom. The molecule has 0 radical (unpaired) electrons. The molecule has 0 fully saturated rings. The van der Waals surface area contributed by atoms with Crippen LogP contribution in [-0.2, 0) is 0 Å². The summed E-state index contributed by atoms with van der Waals surface area (Å²) in [6, 6.07) is 27.3. The monoisotopic (exact) mass is 336 g/mol. The maximum absolute atomic E-state index is 11.5. The van der Waals surface area contributed by atoms with Crippen molar-refractivity contribution in [3.8, 4) is 22.3 Å². The zero-order valence-electron chi connectivity index (χ0n) is 14.1. The predicted molar refractivity (Wildman–Crippen MR) is 106 cm³/mol. The minimum Gasteiger partial charge on any atom is -0.298 e. The average Bonchev–Trinajstić information content (AvgIpc) is 2.72. The molecule has 0 heterocycles. The average molecular weight is 336 g/mol. The molecule has 0 bridgehead atoms. The van der Waals surface area contributed by atoms with Crippen LogP contribution in [0.1, 0.15) is 20.7 Å². The van der Waals surface area contributed by atoms with Crippen molar-refractivity contribution in [2.24, 2.45) is 0 Å². The molecule has 4 rings (SSSR count). The van der Waals surface area contributed by atoms with Crippen LogP contribution >= 0.6 is 0 Å². The summed E-state index contributed by atoms with van der Waals surface area (Å²) in [5, 5.41) is 2.11. The Hall–Kier alpha value is -3.52. The molecule has 0 spiro atoms. The maximum atomic E-state index is 11.5. The topological polar surface area (TPSA) is 34.1 Å². The Bertz CT molecular complexity index is 1040. The predicted octanol–water partition coefficient (Wildman–Crippen LogP) is 5.80. The number of hydrogen-bond donors (Lipinski definition) is 0. The molecule has 0 aliphatic heterocycles. The summed E-state index contributed by atoms with van der Waals surface area (Å²) in [7, 11) is 0. The molecule has 0 unspecified atom stereocenters. The number of aldehydes is 2. The van der Waals surface area contributed by atoms with Gasteiger partial charge in [0, 0.05) is 11.1 Å². The Balaban J connectivity index is 2.03. The fourth-order valence-electron chi connectivity index (χ4n) is 3.47. The van der Waals surface area contributed by atoms with Crippen LogP contribution < -0.4 is 0 Å². The Morgan fingerprint density at radius 1 is 0.423 bits per heavy atom. The molecule has 4 aromatic carbocycles. The smallest absolute Gasteiger partial charge is 0.150 e. The third-order valence-electron chi connectivity index (χ3n) is 4.68. The van der Waals surface area contributed by atoms with E-state index in [4.69, 9.17) is 0 Å². The molecule has 0 aliphatic carbocycles. The van der Waals surface area contributed by atoms with Gasteiger partial charge in [-0.05, 0) is 33.0 Å². The van der Waals surface area contributed by atoms with Gasteiger partial charge in [0.1, 0.15) is 0 Å². The lowest BCUT2D eigenvalue weighted by Crippen LogP contribution is -1.91. The lowest BCUT2D eigenvalue weighted by Gasteiger charge is -2.13. The van der Waals surface area contributed by atoms with Crippen molar-refractivity contribution in [1.82, 2.24) is 0 Å². The van der Waals surface area contributed by atoms with Gasteiger partial charge in [-0.2, -0.15) is 0 Å². The van der Waals surface area contributed by atoms with Gasteiger partial charge in [0.25, 0.3) is 0 Å². The first kappa shape index (κ1) is 16.0. The van der Waals surface area contributed by atoms with Crippen LogP contribution in [0.15, 0.2) is 84.9 Å². The van der Waals surface area contributed by atoms with Gasteiger partial charge in [-0.15, -0.1) is 0 Å². The van der Waals surface area contributed by atoms with E-state index in [9.17, 15) is 9.59 Å². The van der Waals surface area contributed by atoms with Crippen molar-refractivity contribution in [2.75, 3.05) is 0 Å². The number of fused-ring (bicyclic) bond motifs is 1. The summed E-state index contributed by atoms with van der Waals surface area (Å²) in [5.74, 6) is 0. The lowest BCUT2D eigenvalue weighted by atomic mass is 9.90. The minimum atomic E-state index is 0.665. The molecule has 124 valence electrons. The minimum absolute atomic E-state index is 0.665. The molecule has 0 atom stereocenters. The van der Waals surface area contributed by atoms with Crippen molar-refractivity contribution in [3.63, 3.8) is 0 Å². The van der Waals surface area contributed by atoms with E-state index in [1.165, 1.54) is 0 Å². The molecule has 0 N–H and O–H groups in total. The van der Waals surface area contributed by atoms with Crippen LogP contribution in [0.25, 0.3) is 33.0 Å².